The molecule has 0 spiro atoms. The van der Waals surface area contributed by atoms with Gasteiger partial charge in [0, 0.05) is 36.5 Å². The molecule has 5 heteroatoms. The number of nitrogens with zero attached hydrogens (tertiary/aromatic N) is 2. The lowest BCUT2D eigenvalue weighted by molar-refractivity contribution is -0.132. The maximum Gasteiger partial charge on any atom is 0.222 e. The van der Waals surface area contributed by atoms with Crippen LogP contribution in [0.2, 0.25) is 0 Å². The Bertz CT molecular complexity index is 660. The highest BCUT2D eigenvalue weighted by molar-refractivity contribution is 7.14. The van der Waals surface area contributed by atoms with Crippen LogP contribution in [-0.2, 0) is 4.79 Å². The summed E-state index contributed by atoms with van der Waals surface area (Å²) in [6, 6.07) is 10.7. The second-order valence-electron chi connectivity index (χ2n) is 6.80. The van der Waals surface area contributed by atoms with Crippen LogP contribution in [0.15, 0.2) is 35.7 Å². The number of carbonyl (C=O) groups is 1. The standard InChI is InChI=1S/C19H25N3OS/c1-14(2)12-18(23)22-10-8-16(9-11-22)20-19-21-17(13-24-19)15-6-4-3-5-7-15/h3-7,13-14,16H,8-12H2,1-2H3,(H,20,21). The topological polar surface area (TPSA) is 45.2 Å². The average molecular weight is 343 g/mol. The fourth-order valence-corrected chi connectivity index (χ4v) is 3.81. The largest absolute Gasteiger partial charge is 0.359 e. The Labute approximate surface area is 147 Å². The van der Waals surface area contributed by atoms with Crippen LogP contribution in [0.5, 0.6) is 0 Å². The second kappa shape index (κ2) is 7.79. The molecule has 2 aromatic rings. The van der Waals surface area contributed by atoms with Crippen LogP contribution >= 0.6 is 11.3 Å². The minimum atomic E-state index is 0.295. The van der Waals surface area contributed by atoms with Gasteiger partial charge in [-0.15, -0.1) is 11.3 Å². The zero-order valence-corrected chi connectivity index (χ0v) is 15.2. The Balaban J connectivity index is 1.52. The summed E-state index contributed by atoms with van der Waals surface area (Å²) >= 11 is 1.65. The third-order valence-corrected chi connectivity index (χ3v) is 5.11. The van der Waals surface area contributed by atoms with E-state index in [2.05, 4.69) is 36.7 Å². The highest BCUT2D eigenvalue weighted by Crippen LogP contribution is 2.26. The molecule has 0 unspecified atom stereocenters. The number of nitrogens with one attached hydrogen (secondary N) is 1. The molecule has 2 heterocycles. The molecule has 1 aromatic heterocycles. The third kappa shape index (κ3) is 4.35. The number of hydrogen-bond donors (Lipinski definition) is 1. The first-order valence-electron chi connectivity index (χ1n) is 8.67. The number of aromatic nitrogens is 1. The van der Waals surface area contributed by atoms with Crippen LogP contribution in [0, 0.1) is 5.92 Å². The summed E-state index contributed by atoms with van der Waals surface area (Å²) in [5.41, 5.74) is 2.17. The summed E-state index contributed by atoms with van der Waals surface area (Å²) in [5, 5.41) is 6.61. The molecule has 0 atom stereocenters. The van der Waals surface area contributed by atoms with E-state index in [1.165, 1.54) is 0 Å². The third-order valence-electron chi connectivity index (χ3n) is 4.33. The molecule has 1 N–H and O–H groups in total. The van der Waals surface area contributed by atoms with Gasteiger partial charge in [-0.25, -0.2) is 4.98 Å². The number of thiazole rings is 1. The van der Waals surface area contributed by atoms with Crippen LogP contribution in [0.25, 0.3) is 11.3 Å². The van der Waals surface area contributed by atoms with Crippen molar-refractivity contribution in [1.82, 2.24) is 9.88 Å². The monoisotopic (exact) mass is 343 g/mol. The molecule has 4 nitrogen and oxygen atoms in total. The van der Waals surface area contributed by atoms with Gasteiger partial charge in [0.25, 0.3) is 0 Å². The lowest BCUT2D eigenvalue weighted by atomic mass is 10.0. The van der Waals surface area contributed by atoms with Gasteiger partial charge in [0.1, 0.15) is 0 Å². The highest BCUT2D eigenvalue weighted by Gasteiger charge is 2.23. The molecule has 24 heavy (non-hydrogen) atoms. The maximum absolute atomic E-state index is 12.1. The number of piperidine rings is 1. The van der Waals surface area contributed by atoms with E-state index in [0.717, 1.165) is 42.3 Å². The predicted octanol–water partition coefficient (Wildman–Crippen LogP) is 4.26. The summed E-state index contributed by atoms with van der Waals surface area (Å²) in [4.78, 5) is 18.8. The number of anilines is 1. The SMILES string of the molecule is CC(C)CC(=O)N1CCC(Nc2nc(-c3ccccc3)cs2)CC1. The van der Waals surface area contributed by atoms with Crippen LogP contribution in [0.3, 0.4) is 0 Å². The molecular formula is C19H25N3OS. The molecule has 1 saturated heterocycles. The van der Waals surface area contributed by atoms with E-state index < -0.39 is 0 Å². The Kier molecular flexibility index (Phi) is 5.51. The fourth-order valence-electron chi connectivity index (χ4n) is 3.01. The van der Waals surface area contributed by atoms with Crippen LogP contribution in [0.1, 0.15) is 33.1 Å². The Morgan fingerprint density at radius 3 is 2.67 bits per heavy atom. The molecule has 0 radical (unpaired) electrons. The fraction of sp³-hybridized carbons (Fsp3) is 0.474. The molecule has 0 saturated carbocycles. The van der Waals surface area contributed by atoms with Crippen LogP contribution in [0.4, 0.5) is 5.13 Å². The first kappa shape index (κ1) is 17.0. The molecule has 1 fully saturated rings. The number of hydrogen-bond acceptors (Lipinski definition) is 4. The Hall–Kier alpha value is -1.88. The van der Waals surface area contributed by atoms with Crippen LogP contribution < -0.4 is 5.32 Å². The molecule has 1 aromatic carbocycles. The maximum atomic E-state index is 12.1. The van der Waals surface area contributed by atoms with Crippen molar-refractivity contribution in [3.05, 3.63) is 35.7 Å². The van der Waals surface area contributed by atoms with E-state index in [-0.39, 0.29) is 0 Å². The van der Waals surface area contributed by atoms with Crippen molar-refractivity contribution < 1.29 is 4.79 Å². The zero-order valence-electron chi connectivity index (χ0n) is 14.4. The van der Waals surface area contributed by atoms with Crippen molar-refractivity contribution in [2.45, 2.75) is 39.2 Å². The van der Waals surface area contributed by atoms with Crippen molar-refractivity contribution in [1.29, 1.82) is 0 Å². The van der Waals surface area contributed by atoms with Gasteiger partial charge in [-0.3, -0.25) is 4.79 Å². The van der Waals surface area contributed by atoms with Crippen molar-refractivity contribution >= 4 is 22.4 Å². The molecule has 3 rings (SSSR count). The van der Waals surface area contributed by atoms with Crippen LogP contribution in [-0.4, -0.2) is 34.9 Å². The number of amides is 1. The lowest BCUT2D eigenvalue weighted by Crippen LogP contribution is -2.42. The smallest absolute Gasteiger partial charge is 0.222 e. The van der Waals surface area contributed by atoms with Gasteiger partial charge in [0.05, 0.1) is 5.69 Å². The van der Waals surface area contributed by atoms with E-state index in [4.69, 9.17) is 4.98 Å². The van der Waals surface area contributed by atoms with Crippen molar-refractivity contribution in [2.24, 2.45) is 5.92 Å². The summed E-state index contributed by atoms with van der Waals surface area (Å²) < 4.78 is 0. The van der Waals surface area contributed by atoms with E-state index in [1.54, 1.807) is 11.3 Å². The summed E-state index contributed by atoms with van der Waals surface area (Å²) in [7, 11) is 0. The minimum Gasteiger partial charge on any atom is -0.359 e. The van der Waals surface area contributed by atoms with E-state index in [9.17, 15) is 4.79 Å². The minimum absolute atomic E-state index is 0.295. The van der Waals surface area contributed by atoms with Gasteiger partial charge in [-0.2, -0.15) is 0 Å². The Morgan fingerprint density at radius 2 is 2.00 bits per heavy atom. The Morgan fingerprint density at radius 1 is 1.29 bits per heavy atom. The number of likely N-dealkylation sites (tertiary alicyclic amines) is 1. The summed E-state index contributed by atoms with van der Waals surface area (Å²) in [5.74, 6) is 0.726. The zero-order chi connectivity index (χ0) is 16.9. The first-order chi connectivity index (χ1) is 11.6. The van der Waals surface area contributed by atoms with E-state index in [1.807, 2.05) is 23.1 Å². The van der Waals surface area contributed by atoms with Crippen molar-refractivity contribution in [3.63, 3.8) is 0 Å². The number of rotatable bonds is 5. The van der Waals surface area contributed by atoms with Gasteiger partial charge in [-0.1, -0.05) is 44.2 Å². The summed E-state index contributed by atoms with van der Waals surface area (Å²) in [6.07, 6.45) is 2.64. The molecule has 0 aliphatic carbocycles. The first-order valence-corrected chi connectivity index (χ1v) is 9.55. The van der Waals surface area contributed by atoms with Crippen molar-refractivity contribution in [3.8, 4) is 11.3 Å². The number of carbonyl (C=O) groups excluding carboxylic acids is 1. The lowest BCUT2D eigenvalue weighted by Gasteiger charge is -2.32. The normalized spacial score (nSPS) is 15.7. The molecule has 1 aliphatic heterocycles. The molecule has 1 aliphatic rings. The van der Waals surface area contributed by atoms with Gasteiger partial charge in [0.15, 0.2) is 5.13 Å². The molecule has 1 amide bonds. The highest BCUT2D eigenvalue weighted by atomic mass is 32.1. The van der Waals surface area contributed by atoms with Gasteiger partial charge in [0.2, 0.25) is 5.91 Å². The second-order valence-corrected chi connectivity index (χ2v) is 7.66. The van der Waals surface area contributed by atoms with Crippen molar-refractivity contribution in [2.75, 3.05) is 18.4 Å². The summed E-state index contributed by atoms with van der Waals surface area (Å²) in [6.45, 7) is 5.89. The van der Waals surface area contributed by atoms with Gasteiger partial charge >= 0.3 is 0 Å². The van der Waals surface area contributed by atoms with E-state index in [0.29, 0.717) is 24.3 Å². The quantitative estimate of drug-likeness (QED) is 0.882. The molecule has 0 bridgehead atoms. The average Bonchev–Trinajstić information content (AvgIpc) is 3.04. The van der Waals surface area contributed by atoms with E-state index >= 15 is 0 Å². The predicted molar refractivity (Wildman–Crippen MR) is 100 cm³/mol. The van der Waals surface area contributed by atoms with Gasteiger partial charge < -0.3 is 10.2 Å². The number of benzene rings is 1. The van der Waals surface area contributed by atoms with Gasteiger partial charge in [-0.05, 0) is 18.8 Å². The molecule has 128 valence electrons. The molecular weight excluding hydrogens is 318 g/mol.